The molecular formula is C18H29N3O3S. The van der Waals surface area contributed by atoms with Crippen molar-refractivity contribution >= 4 is 15.9 Å². The number of carbonyl (C=O) groups is 1. The van der Waals surface area contributed by atoms with E-state index in [9.17, 15) is 13.2 Å². The van der Waals surface area contributed by atoms with Crippen LogP contribution in [0.25, 0.3) is 0 Å². The molecule has 1 saturated heterocycles. The summed E-state index contributed by atoms with van der Waals surface area (Å²) in [6, 6.07) is 6.74. The van der Waals surface area contributed by atoms with Gasteiger partial charge < -0.3 is 10.6 Å². The Morgan fingerprint density at radius 2 is 1.92 bits per heavy atom. The normalized spacial score (nSPS) is 17.8. The van der Waals surface area contributed by atoms with Crippen LogP contribution in [-0.4, -0.2) is 44.8 Å². The summed E-state index contributed by atoms with van der Waals surface area (Å²) in [4.78, 5) is 12.2. The van der Waals surface area contributed by atoms with Gasteiger partial charge in [0.1, 0.15) is 0 Å². The summed E-state index contributed by atoms with van der Waals surface area (Å²) in [6.45, 7) is 7.04. The second kappa shape index (κ2) is 9.31. The van der Waals surface area contributed by atoms with Gasteiger partial charge in [-0.15, -0.1) is 0 Å². The Morgan fingerprint density at radius 1 is 1.24 bits per heavy atom. The predicted molar refractivity (Wildman–Crippen MR) is 98.6 cm³/mol. The molecule has 1 aliphatic heterocycles. The van der Waals surface area contributed by atoms with Gasteiger partial charge in [-0.2, -0.15) is 4.31 Å². The maximum Gasteiger partial charge on any atom is 0.243 e. The third-order valence-electron chi connectivity index (χ3n) is 4.70. The molecule has 1 aliphatic rings. The molecule has 0 saturated carbocycles. The second-order valence-corrected chi connectivity index (χ2v) is 8.35. The number of sulfonamides is 1. The molecule has 1 aromatic carbocycles. The van der Waals surface area contributed by atoms with E-state index in [1.807, 2.05) is 13.8 Å². The van der Waals surface area contributed by atoms with Gasteiger partial charge in [0.2, 0.25) is 15.9 Å². The molecule has 7 heteroatoms. The van der Waals surface area contributed by atoms with Crippen molar-refractivity contribution in [2.24, 2.45) is 5.92 Å². The first-order valence-electron chi connectivity index (χ1n) is 9.03. The van der Waals surface area contributed by atoms with Gasteiger partial charge in [0, 0.05) is 26.1 Å². The number of hydrogen-bond acceptors (Lipinski definition) is 4. The molecule has 1 atom stereocenters. The molecule has 0 bridgehead atoms. The van der Waals surface area contributed by atoms with E-state index >= 15 is 0 Å². The van der Waals surface area contributed by atoms with Crippen LogP contribution in [0.4, 0.5) is 0 Å². The molecule has 1 heterocycles. The lowest BCUT2D eigenvalue weighted by atomic mass is 10.0. The summed E-state index contributed by atoms with van der Waals surface area (Å²) < 4.78 is 26.3. The van der Waals surface area contributed by atoms with Crippen LogP contribution >= 0.6 is 0 Å². The molecule has 1 unspecified atom stereocenters. The number of carbonyl (C=O) groups excluding carboxylic acids is 1. The van der Waals surface area contributed by atoms with E-state index in [1.165, 1.54) is 4.31 Å². The highest BCUT2D eigenvalue weighted by atomic mass is 32.2. The molecule has 1 fully saturated rings. The molecule has 0 aliphatic carbocycles. The zero-order valence-electron chi connectivity index (χ0n) is 15.1. The maximum absolute atomic E-state index is 12.4. The Kier molecular flexibility index (Phi) is 7.40. The van der Waals surface area contributed by atoms with Gasteiger partial charge in [0.25, 0.3) is 0 Å². The summed E-state index contributed by atoms with van der Waals surface area (Å²) >= 11 is 0. The summed E-state index contributed by atoms with van der Waals surface area (Å²) in [6.07, 6.45) is 2.61. The monoisotopic (exact) mass is 367 g/mol. The minimum atomic E-state index is -3.43. The van der Waals surface area contributed by atoms with Crippen molar-refractivity contribution in [3.05, 3.63) is 29.8 Å². The number of hydrogen-bond donors (Lipinski definition) is 2. The summed E-state index contributed by atoms with van der Waals surface area (Å²) in [5.41, 5.74) is 0.898. The number of benzene rings is 1. The van der Waals surface area contributed by atoms with Gasteiger partial charge in [0.15, 0.2) is 0 Å². The number of nitrogens with zero attached hydrogens (tertiary/aromatic N) is 1. The van der Waals surface area contributed by atoms with Crippen LogP contribution in [-0.2, 0) is 21.4 Å². The Morgan fingerprint density at radius 3 is 2.48 bits per heavy atom. The number of amides is 1. The van der Waals surface area contributed by atoms with Crippen LogP contribution in [0.2, 0.25) is 0 Å². The van der Waals surface area contributed by atoms with Crippen LogP contribution in [0.15, 0.2) is 29.2 Å². The Hall–Kier alpha value is -1.44. The Labute approximate surface area is 151 Å². The standard InChI is InChI=1S/C18H29N3O3S/c1-3-21(4-2)25(23,24)17-8-5-15(6-9-17)14-20-18(22)10-7-16-11-12-19-13-16/h5-6,8-9,16,19H,3-4,7,10-14H2,1-2H3,(H,20,22). The van der Waals surface area contributed by atoms with Crippen LogP contribution in [0.1, 0.15) is 38.7 Å². The fourth-order valence-electron chi connectivity index (χ4n) is 3.08. The fraction of sp³-hybridized carbons (Fsp3) is 0.611. The molecule has 2 N–H and O–H groups in total. The SMILES string of the molecule is CCN(CC)S(=O)(=O)c1ccc(CNC(=O)CCC2CCNC2)cc1. The minimum Gasteiger partial charge on any atom is -0.352 e. The molecule has 0 aromatic heterocycles. The van der Waals surface area contributed by atoms with Crippen molar-refractivity contribution < 1.29 is 13.2 Å². The molecule has 25 heavy (non-hydrogen) atoms. The highest BCUT2D eigenvalue weighted by molar-refractivity contribution is 7.89. The van der Waals surface area contributed by atoms with Crippen molar-refractivity contribution in [3.63, 3.8) is 0 Å². The largest absolute Gasteiger partial charge is 0.352 e. The summed E-state index contributed by atoms with van der Waals surface area (Å²) in [5, 5.41) is 6.21. The van der Waals surface area contributed by atoms with Gasteiger partial charge in [-0.3, -0.25) is 4.79 Å². The van der Waals surface area contributed by atoms with E-state index in [-0.39, 0.29) is 5.91 Å². The predicted octanol–water partition coefficient (Wildman–Crippen LogP) is 1.72. The average Bonchev–Trinajstić information content (AvgIpc) is 3.13. The molecule has 140 valence electrons. The van der Waals surface area contributed by atoms with E-state index < -0.39 is 10.0 Å². The highest BCUT2D eigenvalue weighted by Crippen LogP contribution is 2.17. The molecule has 1 amide bonds. The van der Waals surface area contributed by atoms with Crippen LogP contribution < -0.4 is 10.6 Å². The molecule has 1 aromatic rings. The zero-order valence-corrected chi connectivity index (χ0v) is 15.9. The molecule has 6 nitrogen and oxygen atoms in total. The Bertz CT molecular complexity index is 649. The minimum absolute atomic E-state index is 0.0479. The quantitative estimate of drug-likeness (QED) is 0.697. The van der Waals surface area contributed by atoms with Gasteiger partial charge >= 0.3 is 0 Å². The summed E-state index contributed by atoms with van der Waals surface area (Å²) in [7, 11) is -3.43. The van der Waals surface area contributed by atoms with Gasteiger partial charge in [-0.05, 0) is 49.5 Å². The van der Waals surface area contributed by atoms with Crippen LogP contribution in [0.5, 0.6) is 0 Å². The van der Waals surface area contributed by atoms with E-state index in [0.717, 1.165) is 31.5 Å². The smallest absolute Gasteiger partial charge is 0.243 e. The van der Waals surface area contributed by atoms with Crippen molar-refractivity contribution in [2.75, 3.05) is 26.2 Å². The first-order valence-corrected chi connectivity index (χ1v) is 10.5. The summed E-state index contributed by atoms with van der Waals surface area (Å²) in [5.74, 6) is 0.655. The first kappa shape index (κ1) is 19.9. The zero-order chi connectivity index (χ0) is 18.3. The molecular weight excluding hydrogens is 338 g/mol. The van der Waals surface area contributed by atoms with Crippen molar-refractivity contribution in [3.8, 4) is 0 Å². The van der Waals surface area contributed by atoms with Crippen LogP contribution in [0.3, 0.4) is 0 Å². The topological polar surface area (TPSA) is 78.5 Å². The third kappa shape index (κ3) is 5.52. The lowest BCUT2D eigenvalue weighted by Gasteiger charge is -2.18. The number of rotatable bonds is 9. The van der Waals surface area contributed by atoms with Crippen molar-refractivity contribution in [1.82, 2.24) is 14.9 Å². The number of nitrogens with one attached hydrogen (secondary N) is 2. The van der Waals surface area contributed by atoms with Crippen molar-refractivity contribution in [1.29, 1.82) is 0 Å². The maximum atomic E-state index is 12.4. The molecule has 2 rings (SSSR count). The second-order valence-electron chi connectivity index (χ2n) is 6.41. The highest BCUT2D eigenvalue weighted by Gasteiger charge is 2.21. The third-order valence-corrected chi connectivity index (χ3v) is 6.76. The first-order chi connectivity index (χ1) is 12.0. The van der Waals surface area contributed by atoms with E-state index in [0.29, 0.717) is 36.9 Å². The Balaban J connectivity index is 1.84. The van der Waals surface area contributed by atoms with E-state index in [1.54, 1.807) is 24.3 Å². The molecule has 0 spiro atoms. The van der Waals surface area contributed by atoms with Gasteiger partial charge in [-0.25, -0.2) is 8.42 Å². The van der Waals surface area contributed by atoms with Crippen LogP contribution in [0, 0.1) is 5.92 Å². The average molecular weight is 368 g/mol. The molecule has 0 radical (unpaired) electrons. The van der Waals surface area contributed by atoms with Gasteiger partial charge in [0.05, 0.1) is 4.90 Å². The van der Waals surface area contributed by atoms with Gasteiger partial charge in [-0.1, -0.05) is 26.0 Å². The van der Waals surface area contributed by atoms with Crippen molar-refractivity contribution in [2.45, 2.75) is 44.6 Å². The van der Waals surface area contributed by atoms with E-state index in [4.69, 9.17) is 0 Å². The van der Waals surface area contributed by atoms with E-state index in [2.05, 4.69) is 10.6 Å². The lowest BCUT2D eigenvalue weighted by molar-refractivity contribution is -0.121. The lowest BCUT2D eigenvalue weighted by Crippen LogP contribution is -2.30. The fourth-order valence-corrected chi connectivity index (χ4v) is 4.53.